The number of fused-ring (bicyclic) bond motifs is 1. The van der Waals surface area contributed by atoms with Crippen LogP contribution in [0, 0.1) is 0 Å². The van der Waals surface area contributed by atoms with E-state index in [0.29, 0.717) is 24.0 Å². The van der Waals surface area contributed by atoms with Crippen LogP contribution >= 0.6 is 7.60 Å². The number of ether oxygens (including phenoxy) is 1. The standard InChI is InChI=1S/C22H37N2O6PS/c1-9-28-31(26,29-10-2)16-11-12-17-18(23-32(27)22(6,7)8)13-14-24(19(17)15-16)20(25)30-21(3,4)5/h11-12,15,18,23H,9-10,13-14H2,1-8H3/t18?,32-/m1/s1. The number of benzene rings is 1. The highest BCUT2D eigenvalue weighted by molar-refractivity contribution is 7.84. The minimum Gasteiger partial charge on any atom is -0.443 e. The number of hydrogen-bond acceptors (Lipinski definition) is 6. The molecule has 0 radical (unpaired) electrons. The molecule has 1 amide bonds. The fourth-order valence-corrected chi connectivity index (χ4v) is 5.67. The van der Waals surface area contributed by atoms with E-state index < -0.39 is 35.0 Å². The fraction of sp³-hybridized carbons (Fsp3) is 0.682. The average molecular weight is 489 g/mol. The van der Waals surface area contributed by atoms with Crippen LogP contribution in [0.15, 0.2) is 18.2 Å². The molecule has 8 nitrogen and oxygen atoms in total. The highest BCUT2D eigenvalue weighted by Gasteiger charge is 2.36. The highest BCUT2D eigenvalue weighted by atomic mass is 32.2. The molecule has 0 aliphatic carbocycles. The lowest BCUT2D eigenvalue weighted by Crippen LogP contribution is -2.44. The molecule has 1 aromatic rings. The van der Waals surface area contributed by atoms with Crippen molar-refractivity contribution in [2.45, 2.75) is 78.2 Å². The third kappa shape index (κ3) is 6.64. The van der Waals surface area contributed by atoms with E-state index in [-0.39, 0.29) is 19.3 Å². The lowest BCUT2D eigenvalue weighted by Gasteiger charge is -2.36. The van der Waals surface area contributed by atoms with Crippen LogP contribution in [0.2, 0.25) is 0 Å². The maximum Gasteiger partial charge on any atom is 0.414 e. The van der Waals surface area contributed by atoms with Crippen LogP contribution in [0.1, 0.15) is 73.4 Å². The Hall–Kier alpha value is -1.25. The summed E-state index contributed by atoms with van der Waals surface area (Å²) in [6.45, 7) is 15.4. The summed E-state index contributed by atoms with van der Waals surface area (Å²) in [5, 5.41) is 0.367. The zero-order valence-corrected chi connectivity index (χ0v) is 22.1. The molecule has 182 valence electrons. The number of carbonyl (C=O) groups excluding carboxylic acids is 1. The molecule has 0 aromatic heterocycles. The van der Waals surface area contributed by atoms with Gasteiger partial charge >= 0.3 is 13.7 Å². The van der Waals surface area contributed by atoms with Crippen LogP contribution in [0.4, 0.5) is 10.5 Å². The Bertz CT molecular complexity index is 883. The Balaban J connectivity index is 2.54. The Morgan fingerprint density at radius 3 is 2.25 bits per heavy atom. The second kappa shape index (κ2) is 10.3. The first-order chi connectivity index (χ1) is 14.7. The minimum atomic E-state index is -3.55. The van der Waals surface area contributed by atoms with Gasteiger partial charge in [-0.15, -0.1) is 0 Å². The second-order valence-corrected chi connectivity index (χ2v) is 13.6. The van der Waals surface area contributed by atoms with Gasteiger partial charge in [-0.25, -0.2) is 13.7 Å². The third-order valence-electron chi connectivity index (χ3n) is 4.66. The Morgan fingerprint density at radius 2 is 1.75 bits per heavy atom. The number of carbonyl (C=O) groups is 1. The van der Waals surface area contributed by atoms with Crippen LogP contribution in [0.3, 0.4) is 0 Å². The third-order valence-corrected chi connectivity index (χ3v) is 8.37. The van der Waals surface area contributed by atoms with Gasteiger partial charge < -0.3 is 13.8 Å². The van der Waals surface area contributed by atoms with Crippen molar-refractivity contribution in [3.05, 3.63) is 23.8 Å². The first-order valence-corrected chi connectivity index (χ1v) is 13.6. The van der Waals surface area contributed by atoms with Gasteiger partial charge in [0.1, 0.15) is 5.60 Å². The zero-order valence-electron chi connectivity index (χ0n) is 20.4. The van der Waals surface area contributed by atoms with E-state index in [0.717, 1.165) is 5.56 Å². The van der Waals surface area contributed by atoms with Crippen LogP contribution in [-0.4, -0.2) is 40.4 Å². The molecule has 1 unspecified atom stereocenters. The summed E-state index contributed by atoms with van der Waals surface area (Å²) in [6.07, 6.45) is 0.0658. The van der Waals surface area contributed by atoms with Crippen molar-refractivity contribution in [3.8, 4) is 0 Å². The summed E-state index contributed by atoms with van der Waals surface area (Å²) in [5.41, 5.74) is 0.665. The fourth-order valence-electron chi connectivity index (χ4n) is 3.23. The molecular formula is C22H37N2O6PS. The van der Waals surface area contributed by atoms with Crippen LogP contribution in [0.5, 0.6) is 0 Å². The van der Waals surface area contributed by atoms with E-state index in [4.69, 9.17) is 13.8 Å². The molecule has 0 bridgehead atoms. The summed E-state index contributed by atoms with van der Waals surface area (Å²) in [6, 6.07) is 4.91. The molecule has 1 heterocycles. The summed E-state index contributed by atoms with van der Waals surface area (Å²) in [5.74, 6) is 0. The monoisotopic (exact) mass is 488 g/mol. The van der Waals surface area contributed by atoms with Gasteiger partial charge in [0.2, 0.25) is 0 Å². The van der Waals surface area contributed by atoms with Gasteiger partial charge in [0, 0.05) is 12.6 Å². The van der Waals surface area contributed by atoms with Crippen molar-refractivity contribution in [1.82, 2.24) is 4.72 Å². The number of amides is 1. The van der Waals surface area contributed by atoms with E-state index >= 15 is 0 Å². The average Bonchev–Trinajstić information content (AvgIpc) is 2.66. The van der Waals surface area contributed by atoms with Crippen LogP contribution in [-0.2, 0) is 29.3 Å². The van der Waals surface area contributed by atoms with Gasteiger partial charge in [0.15, 0.2) is 0 Å². The number of nitrogens with one attached hydrogen (secondary N) is 1. The van der Waals surface area contributed by atoms with Crippen molar-refractivity contribution in [2.75, 3.05) is 24.7 Å². The Morgan fingerprint density at radius 1 is 1.16 bits per heavy atom. The summed E-state index contributed by atoms with van der Waals surface area (Å²) in [7, 11) is -4.85. The molecule has 1 N–H and O–H groups in total. The predicted molar refractivity (Wildman–Crippen MR) is 129 cm³/mol. The normalized spacial score (nSPS) is 18.2. The zero-order chi connectivity index (χ0) is 24.3. The van der Waals surface area contributed by atoms with E-state index in [1.165, 1.54) is 4.90 Å². The topological polar surface area (TPSA) is 94.2 Å². The summed E-state index contributed by atoms with van der Waals surface area (Å²) < 4.78 is 45.4. The minimum absolute atomic E-state index is 0.221. The van der Waals surface area contributed by atoms with Gasteiger partial charge in [-0.05, 0) is 79.5 Å². The molecule has 1 aliphatic heterocycles. The molecule has 1 aliphatic rings. The maximum atomic E-state index is 13.4. The lowest BCUT2D eigenvalue weighted by molar-refractivity contribution is 0.0576. The molecule has 10 heteroatoms. The van der Waals surface area contributed by atoms with Gasteiger partial charge in [0.05, 0.1) is 39.9 Å². The molecule has 0 spiro atoms. The van der Waals surface area contributed by atoms with E-state index in [9.17, 15) is 13.6 Å². The van der Waals surface area contributed by atoms with Gasteiger partial charge in [-0.1, -0.05) is 6.07 Å². The number of anilines is 1. The number of nitrogens with zero attached hydrogens (tertiary/aromatic N) is 1. The van der Waals surface area contributed by atoms with Crippen molar-refractivity contribution in [1.29, 1.82) is 0 Å². The predicted octanol–water partition coefficient (Wildman–Crippen LogP) is 4.82. The van der Waals surface area contributed by atoms with E-state index in [1.54, 1.807) is 52.8 Å². The lowest BCUT2D eigenvalue weighted by atomic mass is 9.97. The van der Waals surface area contributed by atoms with Gasteiger partial charge in [-0.3, -0.25) is 9.46 Å². The van der Waals surface area contributed by atoms with Crippen molar-refractivity contribution in [2.24, 2.45) is 0 Å². The largest absolute Gasteiger partial charge is 0.443 e. The SMILES string of the molecule is CCOP(=O)(OCC)c1ccc2c(c1)N(C(=O)OC(C)(C)C)CCC2N[S@](=O)C(C)(C)C. The Kier molecular flexibility index (Phi) is 8.73. The molecular weight excluding hydrogens is 451 g/mol. The smallest absolute Gasteiger partial charge is 0.414 e. The highest BCUT2D eigenvalue weighted by Crippen LogP contribution is 2.48. The molecule has 2 rings (SSSR count). The summed E-state index contributed by atoms with van der Waals surface area (Å²) in [4.78, 5) is 14.5. The van der Waals surface area contributed by atoms with Crippen LogP contribution in [0.25, 0.3) is 0 Å². The number of hydrogen-bond donors (Lipinski definition) is 1. The van der Waals surface area contributed by atoms with E-state index in [2.05, 4.69) is 4.72 Å². The molecule has 1 aromatic carbocycles. The first-order valence-electron chi connectivity index (χ1n) is 10.9. The van der Waals surface area contributed by atoms with E-state index in [1.807, 2.05) is 20.8 Å². The van der Waals surface area contributed by atoms with Crippen LogP contribution < -0.4 is 14.9 Å². The molecule has 2 atom stereocenters. The molecule has 0 saturated carbocycles. The maximum absolute atomic E-state index is 13.4. The molecule has 0 fully saturated rings. The number of rotatable bonds is 7. The van der Waals surface area contributed by atoms with Gasteiger partial charge in [0.25, 0.3) is 0 Å². The molecule has 0 saturated heterocycles. The van der Waals surface area contributed by atoms with Crippen molar-refractivity contribution >= 4 is 35.7 Å². The Labute approximate surface area is 194 Å². The molecule has 32 heavy (non-hydrogen) atoms. The van der Waals surface area contributed by atoms with Crippen molar-refractivity contribution in [3.63, 3.8) is 0 Å². The van der Waals surface area contributed by atoms with Gasteiger partial charge in [-0.2, -0.15) is 0 Å². The summed E-state index contributed by atoms with van der Waals surface area (Å²) >= 11 is 0. The van der Waals surface area contributed by atoms with Crippen molar-refractivity contribution < 1.29 is 27.4 Å². The second-order valence-electron chi connectivity index (χ2n) is 9.55. The first kappa shape index (κ1) is 27.0. The quantitative estimate of drug-likeness (QED) is 0.553.